The first kappa shape index (κ1) is 23.7. The Morgan fingerprint density at radius 1 is 1.22 bits per heavy atom. The molecule has 32 heavy (non-hydrogen) atoms. The van der Waals surface area contributed by atoms with Crippen molar-refractivity contribution in [2.24, 2.45) is 4.99 Å². The van der Waals surface area contributed by atoms with Gasteiger partial charge in [-0.05, 0) is 59.3 Å². The Labute approximate surface area is 195 Å². The van der Waals surface area contributed by atoms with Crippen molar-refractivity contribution in [2.75, 3.05) is 31.6 Å². The Balaban J connectivity index is 1.88. The molecule has 3 rings (SSSR count). The standard InChI is InChI=1S/C20H20F2IN5O4/c1-10-8-11(23)2-3-14(10)25-17-13(19(31)32)9-12(15(21)16(17)22)18(30)26-27-20-24-4-5-28(20)6-7-29/h2-3,8-9,25,29H,4-7H2,1H3,(H,24,27)(H,26,30)(H,31,32). The maximum atomic E-state index is 14.9. The lowest BCUT2D eigenvalue weighted by molar-refractivity contribution is 0.0697. The van der Waals surface area contributed by atoms with E-state index in [0.29, 0.717) is 24.3 Å². The second-order valence-corrected chi connectivity index (χ2v) is 8.10. The molecule has 1 aliphatic heterocycles. The fraction of sp³-hybridized carbons (Fsp3) is 0.250. The molecule has 0 atom stereocenters. The molecule has 0 saturated carbocycles. The minimum absolute atomic E-state index is 0.134. The number of carbonyl (C=O) groups is 2. The highest BCUT2D eigenvalue weighted by Crippen LogP contribution is 2.30. The van der Waals surface area contributed by atoms with Gasteiger partial charge in [-0.1, -0.05) is 0 Å². The summed E-state index contributed by atoms with van der Waals surface area (Å²) >= 11 is 2.09. The number of aliphatic imine (C=N–C) groups is 1. The fourth-order valence-corrected chi connectivity index (χ4v) is 3.75. The number of nitrogens with one attached hydrogen (secondary N) is 3. The fourth-order valence-electron chi connectivity index (χ4n) is 3.10. The van der Waals surface area contributed by atoms with Gasteiger partial charge in [0.15, 0.2) is 11.6 Å². The van der Waals surface area contributed by atoms with E-state index in [0.717, 1.165) is 9.64 Å². The molecule has 0 aromatic heterocycles. The molecule has 1 aliphatic rings. The molecule has 0 saturated heterocycles. The van der Waals surface area contributed by atoms with Crippen LogP contribution in [-0.2, 0) is 0 Å². The van der Waals surface area contributed by atoms with Crippen molar-refractivity contribution >= 4 is 51.8 Å². The summed E-state index contributed by atoms with van der Waals surface area (Å²) in [5.41, 5.74) is 3.79. The first-order valence-electron chi connectivity index (χ1n) is 9.48. The third-order valence-electron chi connectivity index (χ3n) is 4.72. The number of hydrogen-bond acceptors (Lipinski definition) is 7. The highest BCUT2D eigenvalue weighted by molar-refractivity contribution is 14.1. The molecule has 170 valence electrons. The van der Waals surface area contributed by atoms with Crippen molar-refractivity contribution in [2.45, 2.75) is 6.92 Å². The lowest BCUT2D eigenvalue weighted by atomic mass is 10.1. The number of nitrogens with zero attached hydrogens (tertiary/aromatic N) is 2. The number of hydrogen-bond donors (Lipinski definition) is 5. The Kier molecular flexibility index (Phi) is 7.45. The first-order valence-corrected chi connectivity index (χ1v) is 10.6. The molecule has 9 nitrogen and oxygen atoms in total. The quantitative estimate of drug-likeness (QED) is 0.272. The molecule has 0 radical (unpaired) electrons. The number of aryl methyl sites for hydroxylation is 1. The summed E-state index contributed by atoms with van der Waals surface area (Å²) in [5, 5.41) is 21.2. The average Bonchev–Trinajstić information content (AvgIpc) is 3.18. The third kappa shape index (κ3) is 5.07. The molecule has 0 aliphatic carbocycles. The second-order valence-electron chi connectivity index (χ2n) is 6.86. The van der Waals surface area contributed by atoms with Gasteiger partial charge in [-0.25, -0.2) is 18.6 Å². The summed E-state index contributed by atoms with van der Waals surface area (Å²) in [4.78, 5) is 29.9. The van der Waals surface area contributed by atoms with Gasteiger partial charge in [-0.15, -0.1) is 0 Å². The van der Waals surface area contributed by atoms with E-state index in [2.05, 4.69) is 43.8 Å². The zero-order valence-corrected chi connectivity index (χ0v) is 19.0. The molecule has 5 N–H and O–H groups in total. The highest BCUT2D eigenvalue weighted by atomic mass is 127. The maximum absolute atomic E-state index is 14.9. The number of aromatic carboxylic acids is 1. The number of carboxylic acids is 1. The zero-order valence-electron chi connectivity index (χ0n) is 16.9. The van der Waals surface area contributed by atoms with Crippen molar-refractivity contribution in [3.05, 3.63) is 56.2 Å². The lowest BCUT2D eigenvalue weighted by Crippen LogP contribution is -2.49. The van der Waals surface area contributed by atoms with Crippen LogP contribution in [0.4, 0.5) is 20.2 Å². The number of rotatable bonds is 6. The van der Waals surface area contributed by atoms with Crippen LogP contribution < -0.4 is 16.2 Å². The first-order chi connectivity index (χ1) is 15.2. The van der Waals surface area contributed by atoms with Crippen LogP contribution in [0.2, 0.25) is 0 Å². The minimum atomic E-state index is -1.54. The van der Waals surface area contributed by atoms with Gasteiger partial charge in [0, 0.05) is 22.3 Å². The van der Waals surface area contributed by atoms with Crippen LogP contribution in [0.3, 0.4) is 0 Å². The van der Waals surface area contributed by atoms with Gasteiger partial charge < -0.3 is 20.4 Å². The van der Waals surface area contributed by atoms with Gasteiger partial charge in [0.1, 0.15) is 0 Å². The largest absolute Gasteiger partial charge is 0.478 e. The predicted molar refractivity (Wildman–Crippen MR) is 122 cm³/mol. The smallest absolute Gasteiger partial charge is 0.337 e. The second kappa shape index (κ2) is 10.1. The molecule has 2 aromatic rings. The van der Waals surface area contributed by atoms with E-state index < -0.39 is 40.3 Å². The summed E-state index contributed by atoms with van der Waals surface area (Å²) in [6.07, 6.45) is 0. The number of amides is 1. The molecular weight excluding hydrogens is 539 g/mol. The van der Waals surface area contributed by atoms with E-state index in [9.17, 15) is 23.5 Å². The zero-order chi connectivity index (χ0) is 23.4. The van der Waals surface area contributed by atoms with E-state index in [1.807, 2.05) is 0 Å². The number of aliphatic hydroxyl groups is 1. The van der Waals surface area contributed by atoms with Crippen LogP contribution in [0.25, 0.3) is 0 Å². The average molecular weight is 559 g/mol. The van der Waals surface area contributed by atoms with E-state index in [-0.39, 0.29) is 19.1 Å². The summed E-state index contributed by atoms with van der Waals surface area (Å²) in [6, 6.07) is 5.90. The Morgan fingerprint density at radius 3 is 2.62 bits per heavy atom. The lowest BCUT2D eigenvalue weighted by Gasteiger charge is -2.20. The maximum Gasteiger partial charge on any atom is 0.337 e. The summed E-state index contributed by atoms with van der Waals surface area (Å²) < 4.78 is 30.5. The SMILES string of the molecule is Cc1cc(I)ccc1Nc1c(C(=O)O)cc(C(=O)NNC2=NCCN2CCO)c(F)c1F. The number of halogens is 3. The molecule has 2 aromatic carbocycles. The number of guanidine groups is 1. The van der Waals surface area contributed by atoms with Crippen LogP contribution in [0, 0.1) is 22.1 Å². The molecule has 0 fully saturated rings. The number of β-amino-alcohol motifs (C(OH)–C–C–N with tert-alkyl or cyclic N) is 1. The van der Waals surface area contributed by atoms with Crippen LogP contribution in [0.15, 0.2) is 29.3 Å². The van der Waals surface area contributed by atoms with E-state index in [1.54, 1.807) is 30.0 Å². The van der Waals surface area contributed by atoms with E-state index in [4.69, 9.17) is 5.11 Å². The van der Waals surface area contributed by atoms with E-state index in [1.165, 1.54) is 0 Å². The molecule has 12 heteroatoms. The van der Waals surface area contributed by atoms with Crippen LogP contribution in [0.1, 0.15) is 26.3 Å². The van der Waals surface area contributed by atoms with Crippen LogP contribution in [0.5, 0.6) is 0 Å². The summed E-state index contributed by atoms with van der Waals surface area (Å²) in [6.45, 7) is 2.82. The molecule has 0 spiro atoms. The van der Waals surface area contributed by atoms with Crippen molar-refractivity contribution in [1.29, 1.82) is 0 Å². The molecular formula is C20H20F2IN5O4. The monoisotopic (exact) mass is 559 g/mol. The van der Waals surface area contributed by atoms with Gasteiger partial charge in [0.05, 0.1) is 30.0 Å². The number of anilines is 2. The molecule has 1 amide bonds. The predicted octanol–water partition coefficient (Wildman–Crippen LogP) is 2.22. The minimum Gasteiger partial charge on any atom is -0.478 e. The van der Waals surface area contributed by atoms with Crippen molar-refractivity contribution in [1.82, 2.24) is 15.8 Å². The molecule has 0 bridgehead atoms. The number of aliphatic hydroxyl groups excluding tert-OH is 1. The van der Waals surface area contributed by atoms with Crippen LogP contribution >= 0.6 is 22.6 Å². The van der Waals surface area contributed by atoms with Crippen molar-refractivity contribution in [3.63, 3.8) is 0 Å². The Morgan fingerprint density at radius 2 is 1.97 bits per heavy atom. The van der Waals surface area contributed by atoms with Crippen molar-refractivity contribution < 1.29 is 28.6 Å². The third-order valence-corrected chi connectivity index (χ3v) is 5.39. The van der Waals surface area contributed by atoms with Gasteiger partial charge in [-0.3, -0.25) is 15.6 Å². The Bertz CT molecular complexity index is 1100. The molecule has 0 unspecified atom stereocenters. The Hall–Kier alpha value is -3.00. The van der Waals surface area contributed by atoms with Gasteiger partial charge in [0.2, 0.25) is 5.96 Å². The normalized spacial score (nSPS) is 13.0. The summed E-state index contributed by atoms with van der Waals surface area (Å²) in [5.74, 6) is -5.36. The van der Waals surface area contributed by atoms with Crippen molar-refractivity contribution in [3.8, 4) is 0 Å². The number of carboxylic acid groups (broad SMARTS) is 1. The molecule has 1 heterocycles. The topological polar surface area (TPSA) is 126 Å². The number of benzene rings is 2. The number of hydrazine groups is 1. The summed E-state index contributed by atoms with van der Waals surface area (Å²) in [7, 11) is 0. The van der Waals surface area contributed by atoms with E-state index >= 15 is 0 Å². The van der Waals surface area contributed by atoms with Crippen LogP contribution in [-0.4, -0.2) is 59.2 Å². The number of carbonyl (C=O) groups excluding carboxylic acids is 1. The van der Waals surface area contributed by atoms with Gasteiger partial charge >= 0.3 is 5.97 Å². The van der Waals surface area contributed by atoms with Gasteiger partial charge in [0.25, 0.3) is 5.91 Å². The van der Waals surface area contributed by atoms with Gasteiger partial charge in [-0.2, -0.15) is 0 Å². The highest BCUT2D eigenvalue weighted by Gasteiger charge is 2.26.